The summed E-state index contributed by atoms with van der Waals surface area (Å²) in [5.74, 6) is 0. The second kappa shape index (κ2) is 4.52. The molecule has 1 aromatic rings. The lowest BCUT2D eigenvalue weighted by Gasteiger charge is -2.09. The molecule has 10 heteroatoms. The summed E-state index contributed by atoms with van der Waals surface area (Å²) in [5, 5.41) is 18.8. The van der Waals surface area contributed by atoms with Gasteiger partial charge in [-0.2, -0.15) is 18.4 Å². The molecule has 0 atom stereocenters. The molecule has 0 unspecified atom stereocenters. The largest absolute Gasteiger partial charge is 0.425 e. The van der Waals surface area contributed by atoms with E-state index in [4.69, 9.17) is 5.26 Å². The zero-order chi connectivity index (χ0) is 14.1. The summed E-state index contributed by atoms with van der Waals surface area (Å²) in [6, 6.07) is 0.932. The quantitative estimate of drug-likeness (QED) is 0.468. The molecule has 0 saturated heterocycles. The van der Waals surface area contributed by atoms with E-state index >= 15 is 0 Å². The number of nitrogens with zero attached hydrogens (tertiary/aromatic N) is 3. The topological polar surface area (TPSA) is 79.8 Å². The zero-order valence-electron chi connectivity index (χ0n) is 8.20. The van der Waals surface area contributed by atoms with E-state index < -0.39 is 40.2 Å². The summed E-state index contributed by atoms with van der Waals surface area (Å²) in [7, 11) is 0. The van der Waals surface area contributed by atoms with Crippen molar-refractivity contribution in [3.63, 3.8) is 0 Å². The van der Waals surface area contributed by atoms with Gasteiger partial charge in [0, 0.05) is 6.07 Å². The van der Waals surface area contributed by atoms with Crippen LogP contribution in [0, 0.1) is 21.4 Å². The lowest BCUT2D eigenvalue weighted by molar-refractivity contribution is -0.388. The van der Waals surface area contributed by atoms with Crippen LogP contribution in [0.2, 0.25) is 0 Å². The number of nitriles is 1. The fraction of sp³-hybridized carbons (Fsp3) is 0.250. The van der Waals surface area contributed by atoms with Crippen molar-refractivity contribution in [1.29, 1.82) is 5.26 Å². The molecular formula is C8H2F5N3O2. The molecule has 0 radical (unpaired) electrons. The van der Waals surface area contributed by atoms with Gasteiger partial charge < -0.3 is 0 Å². The van der Waals surface area contributed by atoms with E-state index in [2.05, 4.69) is 4.98 Å². The molecule has 0 saturated carbocycles. The number of aromatic nitrogens is 1. The Kier molecular flexibility index (Phi) is 3.45. The van der Waals surface area contributed by atoms with Crippen LogP contribution in [-0.2, 0) is 6.18 Å². The molecule has 1 rings (SSSR count). The van der Waals surface area contributed by atoms with E-state index in [9.17, 15) is 32.1 Å². The van der Waals surface area contributed by atoms with Crippen LogP contribution < -0.4 is 0 Å². The maximum absolute atomic E-state index is 12.5. The standard InChI is InChI=1S/C8H2F5N3O2/c9-7(10)3-1-5(16(17)18)6(8(11,12)13)4(2-14)15-3/h1,7H. The molecule has 0 amide bonds. The smallest absolute Gasteiger partial charge is 0.258 e. The number of hydrogen-bond donors (Lipinski definition) is 0. The van der Waals surface area contributed by atoms with Crippen LogP contribution in [0.3, 0.4) is 0 Å². The highest BCUT2D eigenvalue weighted by molar-refractivity contribution is 5.50. The normalized spacial score (nSPS) is 11.4. The first kappa shape index (κ1) is 13.8. The summed E-state index contributed by atoms with van der Waals surface area (Å²) in [6.45, 7) is 0. The summed E-state index contributed by atoms with van der Waals surface area (Å²) < 4.78 is 62.1. The monoisotopic (exact) mass is 267 g/mol. The minimum atomic E-state index is -5.24. The third kappa shape index (κ3) is 2.50. The molecule has 5 nitrogen and oxygen atoms in total. The molecule has 0 aliphatic heterocycles. The number of alkyl halides is 5. The zero-order valence-corrected chi connectivity index (χ0v) is 8.20. The third-order valence-corrected chi connectivity index (χ3v) is 1.83. The van der Waals surface area contributed by atoms with Gasteiger partial charge in [0.05, 0.1) is 4.92 Å². The Bertz CT molecular complexity index is 535. The van der Waals surface area contributed by atoms with Crippen LogP contribution in [0.4, 0.5) is 27.6 Å². The van der Waals surface area contributed by atoms with E-state index in [1.807, 2.05) is 0 Å². The lowest BCUT2D eigenvalue weighted by atomic mass is 10.1. The first-order valence-corrected chi connectivity index (χ1v) is 4.13. The van der Waals surface area contributed by atoms with Crippen molar-refractivity contribution in [3.05, 3.63) is 33.1 Å². The van der Waals surface area contributed by atoms with Crippen molar-refractivity contribution >= 4 is 5.69 Å². The highest BCUT2D eigenvalue weighted by Gasteiger charge is 2.43. The maximum Gasteiger partial charge on any atom is 0.425 e. The van der Waals surface area contributed by atoms with Crippen molar-refractivity contribution in [2.75, 3.05) is 0 Å². The predicted molar refractivity (Wildman–Crippen MR) is 45.6 cm³/mol. The molecule has 0 aromatic carbocycles. The van der Waals surface area contributed by atoms with Gasteiger partial charge in [0.15, 0.2) is 11.3 Å². The van der Waals surface area contributed by atoms with Gasteiger partial charge in [0.2, 0.25) is 0 Å². The van der Waals surface area contributed by atoms with Crippen LogP contribution >= 0.6 is 0 Å². The first-order chi connectivity index (χ1) is 8.18. The number of hydrogen-bond acceptors (Lipinski definition) is 4. The predicted octanol–water partition coefficient (Wildman–Crippen LogP) is 2.82. The molecular weight excluding hydrogens is 265 g/mol. The van der Waals surface area contributed by atoms with Gasteiger partial charge in [-0.3, -0.25) is 10.1 Å². The Morgan fingerprint density at radius 3 is 2.33 bits per heavy atom. The Morgan fingerprint density at radius 1 is 1.44 bits per heavy atom. The molecule has 1 aromatic heterocycles. The van der Waals surface area contributed by atoms with Crippen LogP contribution in [0.15, 0.2) is 6.07 Å². The fourth-order valence-electron chi connectivity index (χ4n) is 1.17. The van der Waals surface area contributed by atoms with Gasteiger partial charge in [-0.25, -0.2) is 13.8 Å². The Hall–Kier alpha value is -2.31. The summed E-state index contributed by atoms with van der Waals surface area (Å²) in [6.07, 6.45) is -8.56. The average molecular weight is 267 g/mol. The van der Waals surface area contributed by atoms with E-state index in [-0.39, 0.29) is 6.07 Å². The minimum Gasteiger partial charge on any atom is -0.258 e. The SMILES string of the molecule is N#Cc1nc(C(F)F)cc([N+](=O)[O-])c1C(F)(F)F. The van der Waals surface area contributed by atoms with E-state index in [1.165, 1.54) is 0 Å². The summed E-state index contributed by atoms with van der Waals surface area (Å²) in [5.41, 5.74) is -6.26. The highest BCUT2D eigenvalue weighted by Crippen LogP contribution is 2.39. The van der Waals surface area contributed by atoms with Crippen molar-refractivity contribution < 1.29 is 26.9 Å². The molecule has 96 valence electrons. The molecule has 0 bridgehead atoms. The molecule has 0 fully saturated rings. The van der Waals surface area contributed by atoms with Crippen LogP contribution in [0.25, 0.3) is 0 Å². The van der Waals surface area contributed by atoms with Gasteiger partial charge in [-0.05, 0) is 0 Å². The van der Waals surface area contributed by atoms with Crippen LogP contribution in [0.1, 0.15) is 23.4 Å². The molecule has 0 aliphatic rings. The van der Waals surface area contributed by atoms with Crippen molar-refractivity contribution in [1.82, 2.24) is 4.98 Å². The molecule has 0 aliphatic carbocycles. The van der Waals surface area contributed by atoms with Gasteiger partial charge in [-0.1, -0.05) is 0 Å². The molecule has 0 spiro atoms. The van der Waals surface area contributed by atoms with Crippen LogP contribution in [0.5, 0.6) is 0 Å². The molecule has 18 heavy (non-hydrogen) atoms. The second-order valence-electron chi connectivity index (χ2n) is 2.96. The van der Waals surface area contributed by atoms with Gasteiger partial charge in [-0.15, -0.1) is 0 Å². The van der Waals surface area contributed by atoms with Gasteiger partial charge in [0.1, 0.15) is 11.8 Å². The lowest BCUT2D eigenvalue weighted by Crippen LogP contribution is -2.14. The van der Waals surface area contributed by atoms with E-state index in [1.54, 1.807) is 0 Å². The number of nitro groups is 1. The van der Waals surface area contributed by atoms with Crippen molar-refractivity contribution in [2.45, 2.75) is 12.6 Å². The summed E-state index contributed by atoms with van der Waals surface area (Å²) >= 11 is 0. The van der Waals surface area contributed by atoms with Crippen molar-refractivity contribution in [2.24, 2.45) is 0 Å². The number of halogens is 5. The van der Waals surface area contributed by atoms with E-state index in [0.29, 0.717) is 0 Å². The van der Waals surface area contributed by atoms with Gasteiger partial charge >= 0.3 is 6.18 Å². The third-order valence-electron chi connectivity index (χ3n) is 1.83. The molecule has 0 N–H and O–H groups in total. The average Bonchev–Trinajstić information content (AvgIpc) is 2.25. The Balaban J connectivity index is 3.69. The second-order valence-corrected chi connectivity index (χ2v) is 2.96. The van der Waals surface area contributed by atoms with E-state index in [0.717, 1.165) is 6.07 Å². The van der Waals surface area contributed by atoms with Crippen molar-refractivity contribution in [3.8, 4) is 6.07 Å². The summed E-state index contributed by atoms with van der Waals surface area (Å²) in [4.78, 5) is 11.7. The maximum atomic E-state index is 12.5. The van der Waals surface area contributed by atoms with Gasteiger partial charge in [0.25, 0.3) is 12.1 Å². The van der Waals surface area contributed by atoms with Crippen LogP contribution in [-0.4, -0.2) is 9.91 Å². The highest BCUT2D eigenvalue weighted by atomic mass is 19.4. The number of rotatable bonds is 2. The fourth-order valence-corrected chi connectivity index (χ4v) is 1.17. The Labute approximate surface area is 95.6 Å². The Morgan fingerprint density at radius 2 is 2.00 bits per heavy atom. The molecule has 1 heterocycles. The minimum absolute atomic E-state index is 0.00826. The first-order valence-electron chi connectivity index (χ1n) is 4.13. The number of pyridine rings is 1.